The Kier molecular flexibility index (Phi) is 3.97. The van der Waals surface area contributed by atoms with E-state index >= 15 is 0 Å². The zero-order chi connectivity index (χ0) is 12.3. The van der Waals surface area contributed by atoms with Gasteiger partial charge < -0.3 is 5.32 Å². The third-order valence-electron chi connectivity index (χ3n) is 2.34. The number of aromatic nitrogens is 2. The number of nitrogens with one attached hydrogen (secondary N) is 1. The molecule has 0 bridgehead atoms. The van der Waals surface area contributed by atoms with Crippen LogP contribution in [-0.2, 0) is 6.42 Å². The van der Waals surface area contributed by atoms with Crippen LogP contribution in [0.5, 0.6) is 0 Å². The van der Waals surface area contributed by atoms with Crippen LogP contribution in [0.3, 0.4) is 0 Å². The van der Waals surface area contributed by atoms with Crippen LogP contribution in [0.2, 0.25) is 5.15 Å². The van der Waals surface area contributed by atoms with Crippen molar-refractivity contribution in [3.63, 3.8) is 0 Å². The minimum Gasteiger partial charge on any atom is -0.339 e. The van der Waals surface area contributed by atoms with Crippen LogP contribution in [0.15, 0.2) is 35.1 Å². The summed E-state index contributed by atoms with van der Waals surface area (Å²) >= 11 is 9.25. The van der Waals surface area contributed by atoms with Gasteiger partial charge in [0.05, 0.1) is 4.47 Å². The molecular weight excluding hydrogens is 302 g/mol. The molecule has 88 valence electrons. The molecule has 2 rings (SSSR count). The molecule has 0 fully saturated rings. The van der Waals surface area contributed by atoms with Crippen molar-refractivity contribution >= 4 is 39.0 Å². The zero-order valence-corrected chi connectivity index (χ0v) is 11.6. The highest BCUT2D eigenvalue weighted by Crippen LogP contribution is 2.28. The Morgan fingerprint density at radius 2 is 2.18 bits per heavy atom. The molecule has 1 N–H and O–H groups in total. The second-order valence-corrected chi connectivity index (χ2v) is 4.66. The van der Waals surface area contributed by atoms with E-state index in [2.05, 4.69) is 50.3 Å². The fraction of sp³-hybridized carbons (Fsp3) is 0.167. The van der Waals surface area contributed by atoms with E-state index in [4.69, 9.17) is 11.6 Å². The molecule has 0 aliphatic rings. The zero-order valence-electron chi connectivity index (χ0n) is 9.24. The van der Waals surface area contributed by atoms with Crippen molar-refractivity contribution in [1.29, 1.82) is 0 Å². The predicted molar refractivity (Wildman–Crippen MR) is 73.8 cm³/mol. The standard InChI is InChI=1S/C12H11BrClN3/c1-2-8-4-3-5-9(6-8)17-12-10(13)11(14)15-7-16-12/h3-7H,2H2,1H3,(H,15,16,17). The smallest absolute Gasteiger partial charge is 0.149 e. The first-order valence-electron chi connectivity index (χ1n) is 5.22. The fourth-order valence-corrected chi connectivity index (χ4v) is 1.88. The summed E-state index contributed by atoms with van der Waals surface area (Å²) in [5.74, 6) is 0.665. The molecular formula is C12H11BrClN3. The number of hydrogen-bond acceptors (Lipinski definition) is 3. The minimum atomic E-state index is 0.397. The average Bonchev–Trinajstić information content (AvgIpc) is 2.35. The van der Waals surface area contributed by atoms with Gasteiger partial charge in [0, 0.05) is 5.69 Å². The number of hydrogen-bond donors (Lipinski definition) is 1. The Morgan fingerprint density at radius 1 is 1.35 bits per heavy atom. The Hall–Kier alpha value is -1.13. The highest BCUT2D eigenvalue weighted by molar-refractivity contribution is 9.10. The average molecular weight is 313 g/mol. The van der Waals surface area contributed by atoms with Crippen LogP contribution >= 0.6 is 27.5 Å². The topological polar surface area (TPSA) is 37.8 Å². The van der Waals surface area contributed by atoms with Crippen LogP contribution in [0, 0.1) is 0 Å². The number of aryl methyl sites for hydroxylation is 1. The highest BCUT2D eigenvalue weighted by atomic mass is 79.9. The van der Waals surface area contributed by atoms with Crippen molar-refractivity contribution in [1.82, 2.24) is 9.97 Å². The van der Waals surface area contributed by atoms with E-state index in [1.54, 1.807) is 0 Å². The van der Waals surface area contributed by atoms with Gasteiger partial charge in [-0.2, -0.15) is 0 Å². The summed E-state index contributed by atoms with van der Waals surface area (Å²) in [6.07, 6.45) is 2.43. The first kappa shape index (κ1) is 12.3. The normalized spacial score (nSPS) is 10.3. The predicted octanol–water partition coefficient (Wildman–Crippen LogP) is 4.20. The van der Waals surface area contributed by atoms with Crippen LogP contribution in [0.25, 0.3) is 0 Å². The fourth-order valence-electron chi connectivity index (χ4n) is 1.44. The Balaban J connectivity index is 2.28. The van der Waals surface area contributed by atoms with Crippen molar-refractivity contribution in [3.05, 3.63) is 45.8 Å². The molecule has 1 aromatic carbocycles. The van der Waals surface area contributed by atoms with E-state index in [1.807, 2.05) is 12.1 Å². The summed E-state index contributed by atoms with van der Waals surface area (Å²) in [7, 11) is 0. The van der Waals surface area contributed by atoms with E-state index in [1.165, 1.54) is 11.9 Å². The molecule has 0 spiro atoms. The molecule has 0 saturated carbocycles. The number of halogens is 2. The molecule has 1 heterocycles. The first-order chi connectivity index (χ1) is 8.20. The molecule has 0 aliphatic heterocycles. The Bertz CT molecular complexity index is 531. The van der Waals surface area contributed by atoms with Gasteiger partial charge in [0.2, 0.25) is 0 Å². The van der Waals surface area contributed by atoms with Gasteiger partial charge in [-0.25, -0.2) is 9.97 Å². The van der Waals surface area contributed by atoms with Gasteiger partial charge in [0.25, 0.3) is 0 Å². The third-order valence-corrected chi connectivity index (χ3v) is 3.61. The Labute approximate surface area is 113 Å². The van der Waals surface area contributed by atoms with Gasteiger partial charge in [-0.1, -0.05) is 30.7 Å². The SMILES string of the molecule is CCc1cccc(Nc2ncnc(Cl)c2Br)c1. The second kappa shape index (κ2) is 5.47. The number of rotatable bonds is 3. The summed E-state index contributed by atoms with van der Waals surface area (Å²) in [5, 5.41) is 3.60. The molecule has 0 amide bonds. The molecule has 5 heteroatoms. The lowest BCUT2D eigenvalue weighted by Crippen LogP contribution is -1.96. The second-order valence-electron chi connectivity index (χ2n) is 3.51. The van der Waals surface area contributed by atoms with E-state index in [9.17, 15) is 0 Å². The maximum atomic E-state index is 5.90. The summed E-state index contributed by atoms with van der Waals surface area (Å²) in [5.41, 5.74) is 2.26. The molecule has 0 atom stereocenters. The summed E-state index contributed by atoms with van der Waals surface area (Å²) in [6.45, 7) is 2.12. The minimum absolute atomic E-state index is 0.397. The van der Waals surface area contributed by atoms with Gasteiger partial charge in [-0.15, -0.1) is 0 Å². The maximum absolute atomic E-state index is 5.90. The summed E-state index contributed by atoms with van der Waals surface area (Å²) < 4.78 is 0.670. The van der Waals surface area contributed by atoms with Crippen LogP contribution in [0.1, 0.15) is 12.5 Å². The van der Waals surface area contributed by atoms with Gasteiger partial charge in [0.1, 0.15) is 17.3 Å². The largest absolute Gasteiger partial charge is 0.339 e. The quantitative estimate of drug-likeness (QED) is 0.863. The monoisotopic (exact) mass is 311 g/mol. The van der Waals surface area contributed by atoms with Crippen molar-refractivity contribution in [2.45, 2.75) is 13.3 Å². The lowest BCUT2D eigenvalue weighted by atomic mass is 10.1. The van der Waals surface area contributed by atoms with Crippen LogP contribution < -0.4 is 5.32 Å². The van der Waals surface area contributed by atoms with Crippen molar-refractivity contribution < 1.29 is 0 Å². The lowest BCUT2D eigenvalue weighted by Gasteiger charge is -2.08. The number of nitrogens with zero attached hydrogens (tertiary/aromatic N) is 2. The molecule has 2 aromatic rings. The number of benzene rings is 1. The Morgan fingerprint density at radius 3 is 2.94 bits per heavy atom. The molecule has 17 heavy (non-hydrogen) atoms. The molecule has 0 radical (unpaired) electrons. The molecule has 0 unspecified atom stereocenters. The molecule has 1 aromatic heterocycles. The van der Waals surface area contributed by atoms with Gasteiger partial charge in [-0.05, 0) is 40.0 Å². The van der Waals surface area contributed by atoms with Gasteiger partial charge in [-0.3, -0.25) is 0 Å². The van der Waals surface area contributed by atoms with E-state index in [0.29, 0.717) is 15.4 Å². The van der Waals surface area contributed by atoms with Gasteiger partial charge in [0.15, 0.2) is 0 Å². The van der Waals surface area contributed by atoms with Gasteiger partial charge >= 0.3 is 0 Å². The molecule has 3 nitrogen and oxygen atoms in total. The summed E-state index contributed by atoms with van der Waals surface area (Å²) in [6, 6.07) is 8.18. The number of anilines is 2. The van der Waals surface area contributed by atoms with Crippen molar-refractivity contribution in [2.75, 3.05) is 5.32 Å². The lowest BCUT2D eigenvalue weighted by molar-refractivity contribution is 1.13. The maximum Gasteiger partial charge on any atom is 0.149 e. The van der Waals surface area contributed by atoms with Crippen molar-refractivity contribution in [3.8, 4) is 0 Å². The molecule has 0 aliphatic carbocycles. The molecule has 0 saturated heterocycles. The van der Waals surface area contributed by atoms with Crippen molar-refractivity contribution in [2.24, 2.45) is 0 Å². The van der Waals surface area contributed by atoms with Crippen LogP contribution in [0.4, 0.5) is 11.5 Å². The van der Waals surface area contributed by atoms with Crippen LogP contribution in [-0.4, -0.2) is 9.97 Å². The first-order valence-corrected chi connectivity index (χ1v) is 6.39. The third kappa shape index (κ3) is 2.96. The summed E-state index contributed by atoms with van der Waals surface area (Å²) in [4.78, 5) is 8.02. The van der Waals surface area contributed by atoms with E-state index in [-0.39, 0.29) is 0 Å². The van der Waals surface area contributed by atoms with E-state index in [0.717, 1.165) is 12.1 Å². The highest BCUT2D eigenvalue weighted by Gasteiger charge is 2.06. The van der Waals surface area contributed by atoms with E-state index < -0.39 is 0 Å².